The molecule has 1 atom stereocenters. The Labute approximate surface area is 199 Å². The molecule has 2 aliphatic carbocycles. The van der Waals surface area contributed by atoms with Crippen LogP contribution in [0, 0.1) is 5.92 Å². The van der Waals surface area contributed by atoms with Gasteiger partial charge in [-0.2, -0.15) is 0 Å². The molecule has 2 amide bonds. The molecule has 9 heteroatoms. The van der Waals surface area contributed by atoms with E-state index in [4.69, 9.17) is 21.1 Å². The Morgan fingerprint density at radius 3 is 2.64 bits per heavy atom. The highest BCUT2D eigenvalue weighted by Crippen LogP contribution is 2.26. The third-order valence-electron chi connectivity index (χ3n) is 5.25. The standard InChI is InChI=1S/C24H31ClN4O4/c1-2-32-22(30)14-15-26-24(31)29-23(27-16-17-6-8-18(25)9-7-17)28-19-10-12-21(13-11-19)33-20-4-3-5-20/h6,8-13,17,20H,2-5,7,14-16H2,1H3,(H3,26,27,28,29,31). The minimum atomic E-state index is -0.461. The second-order valence-electron chi connectivity index (χ2n) is 7.89. The van der Waals surface area contributed by atoms with E-state index in [1.54, 1.807) is 6.92 Å². The molecule has 0 saturated heterocycles. The lowest BCUT2D eigenvalue weighted by Gasteiger charge is -2.26. The first-order valence-corrected chi connectivity index (χ1v) is 11.7. The number of hydrogen-bond acceptors (Lipinski definition) is 5. The largest absolute Gasteiger partial charge is 0.490 e. The van der Waals surface area contributed by atoms with Crippen LogP contribution in [0.2, 0.25) is 0 Å². The number of halogens is 1. The first-order valence-electron chi connectivity index (χ1n) is 11.3. The van der Waals surface area contributed by atoms with Gasteiger partial charge in [-0.25, -0.2) is 4.79 Å². The summed E-state index contributed by atoms with van der Waals surface area (Å²) in [4.78, 5) is 28.3. The number of esters is 1. The lowest BCUT2D eigenvalue weighted by Crippen LogP contribution is -2.43. The molecule has 1 aromatic rings. The number of hydrogen-bond donors (Lipinski definition) is 3. The quantitative estimate of drug-likeness (QED) is 0.281. The number of ether oxygens (including phenoxy) is 2. The molecular weight excluding hydrogens is 444 g/mol. The van der Waals surface area contributed by atoms with Crippen LogP contribution >= 0.6 is 11.6 Å². The van der Waals surface area contributed by atoms with Crippen LogP contribution in [0.15, 0.2) is 52.5 Å². The molecule has 0 heterocycles. The van der Waals surface area contributed by atoms with Crippen molar-refractivity contribution >= 4 is 35.2 Å². The summed E-state index contributed by atoms with van der Waals surface area (Å²) >= 11 is 5.99. The molecule has 0 radical (unpaired) electrons. The fourth-order valence-electron chi connectivity index (χ4n) is 3.19. The highest BCUT2D eigenvalue weighted by atomic mass is 35.5. The van der Waals surface area contributed by atoms with Gasteiger partial charge in [0.2, 0.25) is 5.96 Å². The van der Waals surface area contributed by atoms with Crippen molar-refractivity contribution in [3.63, 3.8) is 0 Å². The van der Waals surface area contributed by atoms with Crippen LogP contribution in [0.3, 0.4) is 0 Å². The van der Waals surface area contributed by atoms with E-state index >= 15 is 0 Å². The minimum Gasteiger partial charge on any atom is -0.490 e. The fraction of sp³-hybridized carbons (Fsp3) is 0.458. The van der Waals surface area contributed by atoms with E-state index in [1.165, 1.54) is 6.42 Å². The van der Waals surface area contributed by atoms with Crippen molar-refractivity contribution in [1.82, 2.24) is 10.6 Å². The van der Waals surface area contributed by atoms with Crippen LogP contribution in [0.4, 0.5) is 10.5 Å². The van der Waals surface area contributed by atoms with Crippen LogP contribution < -0.4 is 20.7 Å². The maximum atomic E-state index is 12.3. The molecule has 1 unspecified atom stereocenters. The monoisotopic (exact) mass is 474 g/mol. The van der Waals surface area contributed by atoms with Gasteiger partial charge in [0.1, 0.15) is 5.75 Å². The molecule has 3 rings (SSSR count). The van der Waals surface area contributed by atoms with Gasteiger partial charge >= 0.3 is 12.0 Å². The highest BCUT2D eigenvalue weighted by molar-refractivity contribution is 6.31. The van der Waals surface area contributed by atoms with Gasteiger partial charge in [-0.3, -0.25) is 15.1 Å². The van der Waals surface area contributed by atoms with E-state index in [0.29, 0.717) is 25.2 Å². The van der Waals surface area contributed by atoms with E-state index in [9.17, 15) is 9.59 Å². The highest BCUT2D eigenvalue weighted by Gasteiger charge is 2.19. The van der Waals surface area contributed by atoms with Gasteiger partial charge in [-0.05, 0) is 62.9 Å². The van der Waals surface area contributed by atoms with Crippen molar-refractivity contribution in [3.05, 3.63) is 47.5 Å². The summed E-state index contributed by atoms with van der Waals surface area (Å²) in [6, 6.07) is 7.10. The number of nitrogens with one attached hydrogen (secondary N) is 3. The van der Waals surface area contributed by atoms with E-state index in [-0.39, 0.29) is 24.9 Å². The molecule has 2 aliphatic rings. The van der Waals surface area contributed by atoms with Gasteiger partial charge in [0.25, 0.3) is 0 Å². The van der Waals surface area contributed by atoms with Crippen LogP contribution in [-0.4, -0.2) is 43.8 Å². The minimum absolute atomic E-state index is 0.101. The molecule has 3 N–H and O–H groups in total. The molecule has 178 valence electrons. The first kappa shape index (κ1) is 24.6. The van der Waals surface area contributed by atoms with Gasteiger partial charge < -0.3 is 20.1 Å². The predicted octanol–water partition coefficient (Wildman–Crippen LogP) is 4.34. The van der Waals surface area contributed by atoms with Crippen molar-refractivity contribution in [2.75, 3.05) is 25.0 Å². The SMILES string of the molecule is CCOC(=O)CCNC(=O)NC(=NCC1C=CC(Cl)=CC1)Nc1ccc(OC2CCC2)cc1. The van der Waals surface area contributed by atoms with Crippen molar-refractivity contribution in [3.8, 4) is 5.75 Å². The Morgan fingerprint density at radius 1 is 1.21 bits per heavy atom. The molecule has 0 bridgehead atoms. The summed E-state index contributed by atoms with van der Waals surface area (Å²) in [6.45, 7) is 2.70. The summed E-state index contributed by atoms with van der Waals surface area (Å²) in [7, 11) is 0. The second-order valence-corrected chi connectivity index (χ2v) is 8.33. The molecule has 0 aliphatic heterocycles. The fourth-order valence-corrected chi connectivity index (χ4v) is 3.35. The molecule has 1 fully saturated rings. The number of benzene rings is 1. The topological polar surface area (TPSA) is 101 Å². The Balaban J connectivity index is 1.57. The lowest BCUT2D eigenvalue weighted by molar-refractivity contribution is -0.142. The number of amides is 2. The van der Waals surface area contributed by atoms with Crippen LogP contribution in [0.1, 0.15) is 39.0 Å². The maximum Gasteiger partial charge on any atom is 0.321 e. The molecule has 8 nitrogen and oxygen atoms in total. The van der Waals surface area contributed by atoms with Crippen molar-refractivity contribution < 1.29 is 19.1 Å². The van der Waals surface area contributed by atoms with E-state index in [1.807, 2.05) is 42.5 Å². The smallest absolute Gasteiger partial charge is 0.321 e. The number of allylic oxidation sites excluding steroid dienone is 3. The zero-order chi connectivity index (χ0) is 23.5. The number of carbonyl (C=O) groups excluding carboxylic acids is 2. The number of anilines is 1. The van der Waals surface area contributed by atoms with Gasteiger partial charge in [0.05, 0.1) is 19.1 Å². The number of nitrogens with zero attached hydrogens (tertiary/aromatic N) is 1. The average Bonchev–Trinajstić information content (AvgIpc) is 2.77. The molecule has 1 aromatic carbocycles. The zero-order valence-electron chi connectivity index (χ0n) is 18.8. The zero-order valence-corrected chi connectivity index (χ0v) is 19.6. The first-order chi connectivity index (χ1) is 16.0. The van der Waals surface area contributed by atoms with Crippen molar-refractivity contribution in [2.24, 2.45) is 10.9 Å². The number of aliphatic imine (C=N–C) groups is 1. The van der Waals surface area contributed by atoms with Crippen LogP contribution in [0.5, 0.6) is 5.75 Å². The summed E-state index contributed by atoms with van der Waals surface area (Å²) in [5.74, 6) is 0.968. The summed E-state index contributed by atoms with van der Waals surface area (Å²) in [5.41, 5.74) is 0.767. The van der Waals surface area contributed by atoms with Crippen molar-refractivity contribution in [1.29, 1.82) is 0 Å². The van der Waals surface area contributed by atoms with E-state index < -0.39 is 6.03 Å². The van der Waals surface area contributed by atoms with Gasteiger partial charge in [-0.1, -0.05) is 23.8 Å². The Kier molecular flexibility index (Phi) is 9.62. The Bertz CT molecular complexity index is 894. The summed E-state index contributed by atoms with van der Waals surface area (Å²) < 4.78 is 10.8. The molecule has 33 heavy (non-hydrogen) atoms. The van der Waals surface area contributed by atoms with E-state index in [2.05, 4.69) is 20.9 Å². The Hall–Kier alpha value is -3.00. The van der Waals surface area contributed by atoms with Gasteiger partial charge in [-0.15, -0.1) is 0 Å². The number of rotatable bonds is 9. The third kappa shape index (κ3) is 8.81. The molecule has 0 aromatic heterocycles. The predicted molar refractivity (Wildman–Crippen MR) is 130 cm³/mol. The van der Waals surface area contributed by atoms with Gasteiger partial charge in [0.15, 0.2) is 0 Å². The average molecular weight is 475 g/mol. The van der Waals surface area contributed by atoms with Crippen LogP contribution in [0.25, 0.3) is 0 Å². The second kappa shape index (κ2) is 12.9. The number of guanidine groups is 1. The number of urea groups is 1. The van der Waals surface area contributed by atoms with Crippen molar-refractivity contribution in [2.45, 2.75) is 45.1 Å². The van der Waals surface area contributed by atoms with Crippen LogP contribution in [-0.2, 0) is 9.53 Å². The number of carbonyl (C=O) groups is 2. The summed E-state index contributed by atoms with van der Waals surface area (Å²) in [6.07, 6.45) is 10.4. The Morgan fingerprint density at radius 2 is 2.00 bits per heavy atom. The summed E-state index contributed by atoms with van der Waals surface area (Å²) in [5, 5.41) is 9.24. The maximum absolute atomic E-state index is 12.3. The molecular formula is C24H31ClN4O4. The van der Waals surface area contributed by atoms with E-state index in [0.717, 1.165) is 35.7 Å². The third-order valence-corrected chi connectivity index (χ3v) is 5.53. The lowest BCUT2D eigenvalue weighted by atomic mass is 9.96. The molecule has 0 spiro atoms. The normalized spacial score (nSPS) is 18.1. The van der Waals surface area contributed by atoms with Gasteiger partial charge in [0, 0.05) is 29.7 Å². The molecule has 1 saturated carbocycles.